The fraction of sp³-hybridized carbons (Fsp3) is 0.474. The zero-order chi connectivity index (χ0) is 16.9. The van der Waals surface area contributed by atoms with Crippen LogP contribution in [0.4, 0.5) is 10.5 Å². The van der Waals surface area contributed by atoms with E-state index in [4.69, 9.17) is 0 Å². The van der Waals surface area contributed by atoms with Gasteiger partial charge in [0.2, 0.25) is 0 Å². The molecule has 24 heavy (non-hydrogen) atoms. The van der Waals surface area contributed by atoms with Gasteiger partial charge in [-0.1, -0.05) is 13.0 Å². The van der Waals surface area contributed by atoms with Gasteiger partial charge >= 0.3 is 6.03 Å². The Morgan fingerprint density at radius 2 is 2.04 bits per heavy atom. The Morgan fingerprint density at radius 1 is 1.29 bits per heavy atom. The molecule has 1 aliphatic heterocycles. The second-order valence-corrected chi connectivity index (χ2v) is 7.62. The van der Waals surface area contributed by atoms with E-state index in [-0.39, 0.29) is 6.03 Å². The van der Waals surface area contributed by atoms with E-state index >= 15 is 0 Å². The molecule has 0 atom stereocenters. The summed E-state index contributed by atoms with van der Waals surface area (Å²) in [6, 6.07) is 7.99. The summed E-state index contributed by atoms with van der Waals surface area (Å²) < 4.78 is 1.79. The molecule has 1 aliphatic carbocycles. The number of carbonyl (C=O) groups excluding carboxylic acids is 1. The monoisotopic (exact) mass is 324 g/mol. The lowest BCUT2D eigenvalue weighted by Gasteiger charge is -2.48. The molecule has 1 aromatic heterocycles. The first-order valence-electron chi connectivity index (χ1n) is 8.61. The highest BCUT2D eigenvalue weighted by molar-refractivity contribution is 5.91. The fourth-order valence-electron chi connectivity index (χ4n) is 3.74. The van der Waals surface area contributed by atoms with Gasteiger partial charge in [0, 0.05) is 43.0 Å². The molecular formula is C19H24N4O. The lowest BCUT2D eigenvalue weighted by atomic mass is 9.77. The average Bonchev–Trinajstić information content (AvgIpc) is 3.28. The third-order valence-electron chi connectivity index (χ3n) is 5.43. The Balaban J connectivity index is 1.46. The van der Waals surface area contributed by atoms with Crippen LogP contribution in [0.5, 0.6) is 0 Å². The van der Waals surface area contributed by atoms with Gasteiger partial charge in [0.15, 0.2) is 0 Å². The maximum Gasteiger partial charge on any atom is 0.321 e. The van der Waals surface area contributed by atoms with Gasteiger partial charge in [-0.3, -0.25) is 4.68 Å². The summed E-state index contributed by atoms with van der Waals surface area (Å²) in [6.45, 7) is 6.12. The van der Waals surface area contributed by atoms with E-state index in [1.807, 2.05) is 42.4 Å². The Hall–Kier alpha value is -2.30. The molecule has 2 aliphatic rings. The van der Waals surface area contributed by atoms with Crippen molar-refractivity contribution in [1.82, 2.24) is 14.7 Å². The molecule has 5 nitrogen and oxygen atoms in total. The number of hydrogen-bond donors (Lipinski definition) is 1. The molecule has 126 valence electrons. The van der Waals surface area contributed by atoms with Gasteiger partial charge in [0.1, 0.15) is 0 Å². The number of amides is 2. The number of nitrogens with zero attached hydrogens (tertiary/aromatic N) is 3. The topological polar surface area (TPSA) is 50.2 Å². The molecule has 1 aromatic carbocycles. The van der Waals surface area contributed by atoms with Gasteiger partial charge < -0.3 is 10.2 Å². The molecule has 2 heterocycles. The van der Waals surface area contributed by atoms with Gasteiger partial charge in [0.05, 0.1) is 5.69 Å². The highest BCUT2D eigenvalue weighted by atomic mass is 16.2. The molecule has 4 rings (SSSR count). The maximum absolute atomic E-state index is 12.5. The van der Waals surface area contributed by atoms with Gasteiger partial charge in [-0.2, -0.15) is 5.10 Å². The minimum absolute atomic E-state index is 0.00366. The van der Waals surface area contributed by atoms with Crippen molar-refractivity contribution in [3.8, 4) is 11.3 Å². The number of rotatable bonds is 3. The first kappa shape index (κ1) is 15.2. The van der Waals surface area contributed by atoms with Crippen LogP contribution in [0.2, 0.25) is 0 Å². The van der Waals surface area contributed by atoms with Crippen LogP contribution in [0.1, 0.15) is 25.3 Å². The van der Waals surface area contributed by atoms with Crippen LogP contribution in [0.3, 0.4) is 0 Å². The molecular weight excluding hydrogens is 300 g/mol. The SMILES string of the molecule is Cc1ccc(NC(=O)N2CC(C)(C3CC3)C2)cc1-c1ccn(C)n1. The van der Waals surface area contributed by atoms with Crippen molar-refractivity contribution < 1.29 is 4.79 Å². The summed E-state index contributed by atoms with van der Waals surface area (Å²) >= 11 is 0. The van der Waals surface area contributed by atoms with Gasteiger partial charge in [0.25, 0.3) is 0 Å². The molecule has 1 N–H and O–H groups in total. The third kappa shape index (κ3) is 2.68. The van der Waals surface area contributed by atoms with Crippen LogP contribution in [0.25, 0.3) is 11.3 Å². The lowest BCUT2D eigenvalue weighted by Crippen LogP contribution is -2.59. The molecule has 0 spiro atoms. The Morgan fingerprint density at radius 3 is 2.67 bits per heavy atom. The van der Waals surface area contributed by atoms with E-state index in [1.165, 1.54) is 12.8 Å². The first-order chi connectivity index (χ1) is 11.4. The number of aryl methyl sites for hydroxylation is 2. The largest absolute Gasteiger partial charge is 0.323 e. The minimum atomic E-state index is 0.00366. The molecule has 2 amide bonds. The quantitative estimate of drug-likeness (QED) is 0.937. The predicted molar refractivity (Wildman–Crippen MR) is 94.8 cm³/mol. The van der Waals surface area contributed by atoms with E-state index in [9.17, 15) is 4.79 Å². The fourth-order valence-corrected chi connectivity index (χ4v) is 3.74. The summed E-state index contributed by atoms with van der Waals surface area (Å²) in [6.07, 6.45) is 4.59. The number of anilines is 1. The second kappa shape index (κ2) is 5.36. The summed E-state index contributed by atoms with van der Waals surface area (Å²) in [7, 11) is 1.91. The maximum atomic E-state index is 12.5. The number of nitrogens with one attached hydrogen (secondary N) is 1. The first-order valence-corrected chi connectivity index (χ1v) is 8.61. The smallest absolute Gasteiger partial charge is 0.321 e. The van der Waals surface area contributed by atoms with Crippen molar-refractivity contribution in [2.24, 2.45) is 18.4 Å². The van der Waals surface area contributed by atoms with Crippen molar-refractivity contribution in [3.63, 3.8) is 0 Å². The van der Waals surface area contributed by atoms with E-state index in [2.05, 4.69) is 24.3 Å². The summed E-state index contributed by atoms with van der Waals surface area (Å²) in [5.41, 5.74) is 4.31. The number of carbonyl (C=O) groups is 1. The molecule has 0 bridgehead atoms. The van der Waals surface area contributed by atoms with Gasteiger partial charge in [-0.25, -0.2) is 4.79 Å². The Kier molecular flexibility index (Phi) is 3.41. The zero-order valence-electron chi connectivity index (χ0n) is 14.5. The average molecular weight is 324 g/mol. The summed E-state index contributed by atoms with van der Waals surface area (Å²) in [4.78, 5) is 14.4. The van der Waals surface area contributed by atoms with Crippen LogP contribution in [0.15, 0.2) is 30.5 Å². The van der Waals surface area contributed by atoms with Crippen molar-refractivity contribution in [1.29, 1.82) is 0 Å². The van der Waals surface area contributed by atoms with E-state index in [0.717, 1.165) is 41.5 Å². The zero-order valence-corrected chi connectivity index (χ0v) is 14.5. The van der Waals surface area contributed by atoms with Crippen molar-refractivity contribution in [2.75, 3.05) is 18.4 Å². The Labute approximate surface area is 142 Å². The van der Waals surface area contributed by atoms with Gasteiger partial charge in [-0.05, 0) is 49.4 Å². The molecule has 0 unspecified atom stereocenters. The summed E-state index contributed by atoms with van der Waals surface area (Å²) in [5, 5.41) is 7.50. The molecule has 1 saturated heterocycles. The molecule has 1 saturated carbocycles. The lowest BCUT2D eigenvalue weighted by molar-refractivity contribution is 0.0338. The molecule has 0 radical (unpaired) electrons. The predicted octanol–water partition coefficient (Wildman–Crippen LogP) is 3.66. The standard InChI is InChI=1S/C19H24N4O/c1-13-4-7-15(10-16(13)17-8-9-22(3)21-17)20-18(24)23-11-19(2,12-23)14-5-6-14/h4,7-10,14H,5-6,11-12H2,1-3H3,(H,20,24). The molecule has 2 fully saturated rings. The number of aromatic nitrogens is 2. The van der Waals surface area contributed by atoms with Crippen molar-refractivity contribution >= 4 is 11.7 Å². The molecule has 5 heteroatoms. The van der Waals surface area contributed by atoms with Crippen molar-refractivity contribution in [2.45, 2.75) is 26.7 Å². The number of urea groups is 1. The van der Waals surface area contributed by atoms with Gasteiger partial charge in [-0.15, -0.1) is 0 Å². The number of benzene rings is 1. The normalized spacial score (nSPS) is 19.0. The minimum Gasteiger partial charge on any atom is -0.323 e. The van der Waals surface area contributed by atoms with E-state index in [0.29, 0.717) is 5.41 Å². The highest BCUT2D eigenvalue weighted by Gasteiger charge is 2.50. The summed E-state index contributed by atoms with van der Waals surface area (Å²) in [5.74, 6) is 0.830. The van der Waals surface area contributed by atoms with Crippen LogP contribution < -0.4 is 5.32 Å². The number of hydrogen-bond acceptors (Lipinski definition) is 2. The molecule has 2 aromatic rings. The number of likely N-dealkylation sites (tertiary alicyclic amines) is 1. The Bertz CT molecular complexity index is 784. The van der Waals surface area contributed by atoms with E-state index in [1.54, 1.807) is 4.68 Å². The third-order valence-corrected chi connectivity index (χ3v) is 5.43. The second-order valence-electron chi connectivity index (χ2n) is 7.62. The van der Waals surface area contributed by atoms with Crippen LogP contribution >= 0.6 is 0 Å². The van der Waals surface area contributed by atoms with Crippen molar-refractivity contribution in [3.05, 3.63) is 36.0 Å². The van der Waals surface area contributed by atoms with Crippen LogP contribution in [0, 0.1) is 18.3 Å². The van der Waals surface area contributed by atoms with E-state index < -0.39 is 0 Å². The van der Waals surface area contributed by atoms with Crippen LogP contribution in [-0.2, 0) is 7.05 Å². The highest BCUT2D eigenvalue weighted by Crippen LogP contribution is 2.50. The van der Waals surface area contributed by atoms with Crippen LogP contribution in [-0.4, -0.2) is 33.8 Å².